The van der Waals surface area contributed by atoms with Gasteiger partial charge in [0.05, 0.1) is 5.56 Å². The van der Waals surface area contributed by atoms with E-state index < -0.39 is 5.97 Å². The number of carbonyl (C=O) groups is 1. The van der Waals surface area contributed by atoms with E-state index in [0.29, 0.717) is 12.1 Å². The van der Waals surface area contributed by atoms with Gasteiger partial charge in [0.25, 0.3) is 0 Å². The zero-order valence-corrected chi connectivity index (χ0v) is 9.15. The van der Waals surface area contributed by atoms with Crippen molar-refractivity contribution in [1.82, 2.24) is 4.90 Å². The quantitative estimate of drug-likeness (QED) is 0.787. The van der Waals surface area contributed by atoms with Gasteiger partial charge in [0.15, 0.2) is 0 Å². The molecule has 4 heteroatoms. The van der Waals surface area contributed by atoms with Crippen molar-refractivity contribution in [3.8, 4) is 0 Å². The van der Waals surface area contributed by atoms with Crippen molar-refractivity contribution in [2.75, 3.05) is 19.6 Å². The zero-order valence-electron chi connectivity index (χ0n) is 9.15. The monoisotopic (exact) mass is 220 g/mol. The number of hydrogen-bond donors (Lipinski definition) is 2. The maximum absolute atomic E-state index is 10.9. The molecule has 0 aliphatic carbocycles. The Morgan fingerprint density at radius 1 is 1.44 bits per heavy atom. The van der Waals surface area contributed by atoms with Gasteiger partial charge in [0, 0.05) is 26.2 Å². The van der Waals surface area contributed by atoms with Crippen LogP contribution >= 0.6 is 0 Å². The molecule has 0 fully saturated rings. The van der Waals surface area contributed by atoms with E-state index in [4.69, 9.17) is 10.8 Å². The summed E-state index contributed by atoms with van der Waals surface area (Å²) in [7, 11) is 0. The molecule has 4 nitrogen and oxygen atoms in total. The molecule has 1 aromatic rings. The lowest BCUT2D eigenvalue weighted by molar-refractivity contribution is 0.0696. The predicted octanol–water partition coefficient (Wildman–Crippen LogP) is 0.702. The highest BCUT2D eigenvalue weighted by atomic mass is 16.4. The summed E-state index contributed by atoms with van der Waals surface area (Å²) in [5, 5.41) is 8.92. The van der Waals surface area contributed by atoms with Gasteiger partial charge in [0.2, 0.25) is 0 Å². The number of nitrogens with two attached hydrogens (primary N) is 1. The lowest BCUT2D eigenvalue weighted by Gasteiger charge is -2.28. The maximum atomic E-state index is 10.9. The molecular weight excluding hydrogens is 204 g/mol. The van der Waals surface area contributed by atoms with Gasteiger partial charge < -0.3 is 10.8 Å². The van der Waals surface area contributed by atoms with Crippen LogP contribution in [0.1, 0.15) is 21.5 Å². The van der Waals surface area contributed by atoms with Gasteiger partial charge in [-0.2, -0.15) is 0 Å². The molecule has 1 aromatic carbocycles. The largest absolute Gasteiger partial charge is 0.478 e. The average molecular weight is 220 g/mol. The van der Waals surface area contributed by atoms with E-state index in [9.17, 15) is 4.79 Å². The van der Waals surface area contributed by atoms with Crippen molar-refractivity contribution < 1.29 is 9.90 Å². The Kier molecular flexibility index (Phi) is 3.22. The second kappa shape index (κ2) is 4.63. The molecule has 86 valence electrons. The normalized spacial score (nSPS) is 15.8. The van der Waals surface area contributed by atoms with Crippen LogP contribution in [0.2, 0.25) is 0 Å². The molecule has 1 heterocycles. The summed E-state index contributed by atoms with van der Waals surface area (Å²) in [6.07, 6.45) is 0.981. The zero-order chi connectivity index (χ0) is 11.5. The van der Waals surface area contributed by atoms with Crippen LogP contribution in [-0.2, 0) is 13.0 Å². The van der Waals surface area contributed by atoms with E-state index in [-0.39, 0.29) is 0 Å². The number of benzene rings is 1. The molecule has 0 saturated heterocycles. The van der Waals surface area contributed by atoms with E-state index in [1.165, 1.54) is 5.56 Å². The van der Waals surface area contributed by atoms with Crippen LogP contribution in [0.15, 0.2) is 18.2 Å². The molecule has 3 N–H and O–H groups in total. The second-order valence-corrected chi connectivity index (χ2v) is 4.10. The molecule has 0 amide bonds. The van der Waals surface area contributed by atoms with Crippen molar-refractivity contribution in [1.29, 1.82) is 0 Å². The summed E-state index contributed by atoms with van der Waals surface area (Å²) in [6.45, 7) is 3.34. The molecule has 1 aliphatic heterocycles. The molecule has 0 atom stereocenters. The number of nitrogens with zero attached hydrogens (tertiary/aromatic N) is 1. The van der Waals surface area contributed by atoms with Gasteiger partial charge in [-0.3, -0.25) is 4.90 Å². The summed E-state index contributed by atoms with van der Waals surface area (Å²) in [6, 6.07) is 5.39. The topological polar surface area (TPSA) is 66.6 Å². The Morgan fingerprint density at radius 3 is 2.94 bits per heavy atom. The first kappa shape index (κ1) is 11.1. The lowest BCUT2D eigenvalue weighted by atomic mass is 9.97. The number of aromatic carboxylic acids is 1. The third-order valence-electron chi connectivity index (χ3n) is 2.99. The number of fused-ring (bicyclic) bond motifs is 1. The minimum atomic E-state index is -0.862. The molecule has 16 heavy (non-hydrogen) atoms. The highest BCUT2D eigenvalue weighted by Crippen LogP contribution is 2.20. The van der Waals surface area contributed by atoms with Crippen molar-refractivity contribution in [3.63, 3.8) is 0 Å². The molecule has 2 rings (SSSR count). The van der Waals surface area contributed by atoms with E-state index in [1.807, 2.05) is 6.07 Å². The fourth-order valence-electron chi connectivity index (χ4n) is 2.12. The molecule has 0 spiro atoms. The lowest BCUT2D eigenvalue weighted by Crippen LogP contribution is -2.34. The smallest absolute Gasteiger partial charge is 0.335 e. The molecule has 0 bridgehead atoms. The molecule has 0 aromatic heterocycles. The minimum Gasteiger partial charge on any atom is -0.478 e. The van der Waals surface area contributed by atoms with Gasteiger partial charge in [-0.1, -0.05) is 6.07 Å². The Bertz CT molecular complexity index is 404. The number of hydrogen-bond acceptors (Lipinski definition) is 3. The van der Waals surface area contributed by atoms with E-state index in [2.05, 4.69) is 4.90 Å². The fourth-order valence-corrected chi connectivity index (χ4v) is 2.12. The van der Waals surface area contributed by atoms with Crippen molar-refractivity contribution in [3.05, 3.63) is 34.9 Å². The summed E-state index contributed by atoms with van der Waals surface area (Å²) in [4.78, 5) is 13.1. The first-order chi connectivity index (χ1) is 7.70. The Hall–Kier alpha value is -1.39. The molecule has 0 unspecified atom stereocenters. The standard InChI is InChI=1S/C12H16N2O2/c13-4-6-14-5-3-9-1-2-10(12(15)16)7-11(9)8-14/h1-2,7H,3-6,8,13H2,(H,15,16). The Morgan fingerprint density at radius 2 is 2.25 bits per heavy atom. The van der Waals surface area contributed by atoms with Crippen LogP contribution in [0.5, 0.6) is 0 Å². The average Bonchev–Trinajstić information content (AvgIpc) is 2.28. The first-order valence-electron chi connectivity index (χ1n) is 5.48. The van der Waals surface area contributed by atoms with Crippen LogP contribution in [-0.4, -0.2) is 35.6 Å². The molecule has 0 radical (unpaired) electrons. The predicted molar refractivity (Wildman–Crippen MR) is 61.4 cm³/mol. The summed E-state index contributed by atoms with van der Waals surface area (Å²) >= 11 is 0. The minimum absolute atomic E-state index is 0.369. The van der Waals surface area contributed by atoms with Gasteiger partial charge in [-0.25, -0.2) is 4.79 Å². The number of carboxylic acid groups (broad SMARTS) is 1. The highest BCUT2D eigenvalue weighted by molar-refractivity contribution is 5.87. The van der Waals surface area contributed by atoms with Gasteiger partial charge in [-0.15, -0.1) is 0 Å². The highest BCUT2D eigenvalue weighted by Gasteiger charge is 2.16. The molecular formula is C12H16N2O2. The van der Waals surface area contributed by atoms with Gasteiger partial charge in [0.1, 0.15) is 0 Å². The van der Waals surface area contributed by atoms with Crippen LogP contribution < -0.4 is 5.73 Å². The van der Waals surface area contributed by atoms with Crippen LogP contribution in [0, 0.1) is 0 Å². The van der Waals surface area contributed by atoms with E-state index in [0.717, 1.165) is 31.6 Å². The van der Waals surface area contributed by atoms with E-state index in [1.54, 1.807) is 12.1 Å². The summed E-state index contributed by atoms with van der Waals surface area (Å²) in [5.41, 5.74) is 8.28. The van der Waals surface area contributed by atoms with Gasteiger partial charge in [-0.05, 0) is 29.7 Å². The SMILES string of the molecule is NCCN1CCc2ccc(C(=O)O)cc2C1. The molecule has 0 saturated carbocycles. The third kappa shape index (κ3) is 2.23. The van der Waals surface area contributed by atoms with Crippen molar-refractivity contribution in [2.24, 2.45) is 5.73 Å². The van der Waals surface area contributed by atoms with Gasteiger partial charge >= 0.3 is 5.97 Å². The van der Waals surface area contributed by atoms with Crippen LogP contribution in [0.4, 0.5) is 0 Å². The fraction of sp³-hybridized carbons (Fsp3) is 0.417. The second-order valence-electron chi connectivity index (χ2n) is 4.10. The Labute approximate surface area is 94.7 Å². The number of carboxylic acids is 1. The Balaban J connectivity index is 2.21. The third-order valence-corrected chi connectivity index (χ3v) is 2.99. The summed E-state index contributed by atoms with van der Waals surface area (Å²) < 4.78 is 0. The van der Waals surface area contributed by atoms with Crippen molar-refractivity contribution >= 4 is 5.97 Å². The van der Waals surface area contributed by atoms with Crippen LogP contribution in [0.25, 0.3) is 0 Å². The van der Waals surface area contributed by atoms with E-state index >= 15 is 0 Å². The molecule has 1 aliphatic rings. The maximum Gasteiger partial charge on any atom is 0.335 e. The van der Waals surface area contributed by atoms with Crippen molar-refractivity contribution in [2.45, 2.75) is 13.0 Å². The summed E-state index contributed by atoms with van der Waals surface area (Å²) in [5.74, 6) is -0.862. The first-order valence-corrected chi connectivity index (χ1v) is 5.48. The number of rotatable bonds is 3. The van der Waals surface area contributed by atoms with Crippen LogP contribution in [0.3, 0.4) is 0 Å².